The average Bonchev–Trinajstić information content (AvgIpc) is 2.39. The van der Waals surface area contributed by atoms with Crippen LogP contribution in [0.1, 0.15) is 43.4 Å². The number of nitrogens with zero attached hydrogens (tertiary/aromatic N) is 3. The molecule has 0 aromatic carbocycles. The fraction of sp³-hybridized carbons (Fsp3) is 0.571. The Morgan fingerprint density at radius 1 is 1.30 bits per heavy atom. The number of aromatic nitrogens is 2. The lowest BCUT2D eigenvalue weighted by atomic mass is 10.3. The summed E-state index contributed by atoms with van der Waals surface area (Å²) in [6.45, 7) is 8.41. The molecule has 0 radical (unpaired) electrons. The van der Waals surface area contributed by atoms with Crippen molar-refractivity contribution in [1.29, 1.82) is 0 Å². The third-order valence-corrected chi connectivity index (χ3v) is 2.73. The minimum Gasteiger partial charge on any atom is -0.354 e. The number of carbonyl (C=O) groups is 2. The van der Waals surface area contributed by atoms with Gasteiger partial charge in [0, 0.05) is 31.7 Å². The van der Waals surface area contributed by atoms with Gasteiger partial charge in [-0.2, -0.15) is 0 Å². The summed E-state index contributed by atoms with van der Waals surface area (Å²) < 4.78 is 0. The molecule has 0 atom stereocenters. The van der Waals surface area contributed by atoms with Gasteiger partial charge in [-0.05, 0) is 27.7 Å². The zero-order valence-electron chi connectivity index (χ0n) is 12.5. The second kappa shape index (κ2) is 7.57. The molecule has 0 aliphatic carbocycles. The summed E-state index contributed by atoms with van der Waals surface area (Å²) in [5, 5.41) is 2.80. The lowest BCUT2D eigenvalue weighted by Gasteiger charge is -2.20. The first-order valence-corrected chi connectivity index (χ1v) is 6.81. The van der Waals surface area contributed by atoms with Gasteiger partial charge in [-0.25, -0.2) is 4.98 Å². The van der Waals surface area contributed by atoms with Crippen molar-refractivity contribution in [1.82, 2.24) is 20.2 Å². The molecule has 1 rings (SSSR count). The van der Waals surface area contributed by atoms with Gasteiger partial charge < -0.3 is 10.2 Å². The average molecular weight is 278 g/mol. The van der Waals surface area contributed by atoms with E-state index >= 15 is 0 Å². The summed E-state index contributed by atoms with van der Waals surface area (Å²) in [5.41, 5.74) is 1.07. The van der Waals surface area contributed by atoms with Crippen LogP contribution in [-0.2, 0) is 4.79 Å². The molecule has 6 nitrogen and oxygen atoms in total. The third kappa shape index (κ3) is 4.95. The minimum absolute atomic E-state index is 0.0544. The Hall–Kier alpha value is -1.98. The van der Waals surface area contributed by atoms with Crippen LogP contribution in [0.4, 0.5) is 0 Å². The van der Waals surface area contributed by atoms with E-state index in [2.05, 4.69) is 15.3 Å². The molecule has 110 valence electrons. The molecule has 2 amide bonds. The molecule has 0 spiro atoms. The molecule has 0 aliphatic rings. The monoisotopic (exact) mass is 278 g/mol. The predicted molar refractivity (Wildman–Crippen MR) is 76.2 cm³/mol. The van der Waals surface area contributed by atoms with E-state index in [9.17, 15) is 9.59 Å². The van der Waals surface area contributed by atoms with E-state index in [0.29, 0.717) is 18.8 Å². The number of amides is 2. The Balaban J connectivity index is 2.59. The van der Waals surface area contributed by atoms with Gasteiger partial charge in [0.15, 0.2) is 0 Å². The van der Waals surface area contributed by atoms with Gasteiger partial charge >= 0.3 is 0 Å². The van der Waals surface area contributed by atoms with Crippen molar-refractivity contribution in [2.24, 2.45) is 0 Å². The van der Waals surface area contributed by atoms with Gasteiger partial charge in [-0.15, -0.1) is 0 Å². The van der Waals surface area contributed by atoms with E-state index < -0.39 is 0 Å². The van der Waals surface area contributed by atoms with Gasteiger partial charge in [-0.1, -0.05) is 0 Å². The standard InChI is InChI=1S/C14H22N4O2/c1-5-18(7-6-13(19)17-10(2)3)14(20)12-9-15-11(4)8-16-12/h8-10H,5-7H2,1-4H3,(H,17,19). The fourth-order valence-electron chi connectivity index (χ4n) is 1.70. The van der Waals surface area contributed by atoms with E-state index in [1.165, 1.54) is 6.20 Å². The molecule has 0 unspecified atom stereocenters. The highest BCUT2D eigenvalue weighted by Crippen LogP contribution is 2.02. The number of carbonyl (C=O) groups excluding carboxylic acids is 2. The SMILES string of the molecule is CCN(CCC(=O)NC(C)C)C(=O)c1cnc(C)cn1. The second-order valence-corrected chi connectivity index (χ2v) is 4.90. The second-order valence-electron chi connectivity index (χ2n) is 4.90. The van der Waals surface area contributed by atoms with Crippen LogP contribution >= 0.6 is 0 Å². The Kier molecular flexibility index (Phi) is 6.09. The summed E-state index contributed by atoms with van der Waals surface area (Å²) in [6.07, 6.45) is 3.32. The topological polar surface area (TPSA) is 75.2 Å². The Bertz CT molecular complexity index is 457. The van der Waals surface area contributed by atoms with Crippen LogP contribution in [-0.4, -0.2) is 45.8 Å². The maximum absolute atomic E-state index is 12.2. The highest BCUT2D eigenvalue weighted by atomic mass is 16.2. The molecule has 6 heteroatoms. The Labute approximate surface area is 119 Å². The lowest BCUT2D eigenvalue weighted by molar-refractivity contribution is -0.121. The molecular weight excluding hydrogens is 256 g/mol. The first-order valence-electron chi connectivity index (χ1n) is 6.81. The van der Waals surface area contributed by atoms with Crippen LogP contribution in [0.15, 0.2) is 12.4 Å². The zero-order chi connectivity index (χ0) is 15.1. The Morgan fingerprint density at radius 3 is 2.50 bits per heavy atom. The normalized spacial score (nSPS) is 10.4. The number of rotatable bonds is 6. The summed E-state index contributed by atoms with van der Waals surface area (Å²) in [5.74, 6) is -0.251. The molecule has 0 saturated carbocycles. The molecule has 0 bridgehead atoms. The summed E-state index contributed by atoms with van der Waals surface area (Å²) in [7, 11) is 0. The van der Waals surface area contributed by atoms with Gasteiger partial charge in [0.05, 0.1) is 11.9 Å². The molecule has 1 aromatic rings. The number of nitrogens with one attached hydrogen (secondary N) is 1. The minimum atomic E-state index is -0.197. The zero-order valence-corrected chi connectivity index (χ0v) is 12.5. The largest absolute Gasteiger partial charge is 0.354 e. The van der Waals surface area contributed by atoms with E-state index in [-0.39, 0.29) is 24.3 Å². The molecule has 1 aromatic heterocycles. The van der Waals surface area contributed by atoms with Crippen molar-refractivity contribution in [2.45, 2.75) is 40.2 Å². The number of hydrogen-bond acceptors (Lipinski definition) is 4. The van der Waals surface area contributed by atoms with Crippen LogP contribution < -0.4 is 5.32 Å². The molecule has 20 heavy (non-hydrogen) atoms. The first kappa shape index (κ1) is 16.1. The third-order valence-electron chi connectivity index (χ3n) is 2.73. The van der Waals surface area contributed by atoms with E-state index in [1.807, 2.05) is 27.7 Å². The number of hydrogen-bond donors (Lipinski definition) is 1. The van der Waals surface area contributed by atoms with Crippen LogP contribution in [0.3, 0.4) is 0 Å². The Morgan fingerprint density at radius 2 is 2.00 bits per heavy atom. The summed E-state index contributed by atoms with van der Waals surface area (Å²) in [4.78, 5) is 33.5. The van der Waals surface area contributed by atoms with Gasteiger partial charge in [0.1, 0.15) is 5.69 Å². The molecule has 0 fully saturated rings. The van der Waals surface area contributed by atoms with Crippen LogP contribution in [0.2, 0.25) is 0 Å². The van der Waals surface area contributed by atoms with Crippen molar-refractivity contribution < 1.29 is 9.59 Å². The maximum atomic E-state index is 12.2. The lowest BCUT2D eigenvalue weighted by Crippen LogP contribution is -2.37. The molecular formula is C14H22N4O2. The van der Waals surface area contributed by atoms with Crippen molar-refractivity contribution >= 4 is 11.8 Å². The van der Waals surface area contributed by atoms with E-state index in [1.54, 1.807) is 11.1 Å². The van der Waals surface area contributed by atoms with Crippen molar-refractivity contribution in [3.05, 3.63) is 23.8 Å². The van der Waals surface area contributed by atoms with Crippen LogP contribution in [0.25, 0.3) is 0 Å². The molecule has 0 saturated heterocycles. The quantitative estimate of drug-likeness (QED) is 0.847. The van der Waals surface area contributed by atoms with Gasteiger partial charge in [0.2, 0.25) is 5.91 Å². The highest BCUT2D eigenvalue weighted by molar-refractivity contribution is 5.92. The van der Waals surface area contributed by atoms with E-state index in [4.69, 9.17) is 0 Å². The molecule has 0 aliphatic heterocycles. The van der Waals surface area contributed by atoms with Gasteiger partial charge in [-0.3, -0.25) is 14.6 Å². The maximum Gasteiger partial charge on any atom is 0.274 e. The first-order chi connectivity index (χ1) is 9.43. The summed E-state index contributed by atoms with van der Waals surface area (Å²) in [6, 6.07) is 0.108. The van der Waals surface area contributed by atoms with E-state index in [0.717, 1.165) is 5.69 Å². The number of aryl methyl sites for hydroxylation is 1. The molecule has 1 N–H and O–H groups in total. The summed E-state index contributed by atoms with van der Waals surface area (Å²) >= 11 is 0. The van der Waals surface area contributed by atoms with Gasteiger partial charge in [0.25, 0.3) is 5.91 Å². The van der Waals surface area contributed by atoms with Crippen molar-refractivity contribution in [3.8, 4) is 0 Å². The highest BCUT2D eigenvalue weighted by Gasteiger charge is 2.17. The predicted octanol–water partition coefficient (Wildman–Crippen LogP) is 1.16. The molecule has 1 heterocycles. The fourth-order valence-corrected chi connectivity index (χ4v) is 1.70. The van der Waals surface area contributed by atoms with Crippen molar-refractivity contribution in [3.63, 3.8) is 0 Å². The smallest absolute Gasteiger partial charge is 0.274 e. The van der Waals surface area contributed by atoms with Crippen molar-refractivity contribution in [2.75, 3.05) is 13.1 Å². The van der Waals surface area contributed by atoms with Crippen LogP contribution in [0, 0.1) is 6.92 Å². The van der Waals surface area contributed by atoms with Crippen LogP contribution in [0.5, 0.6) is 0 Å².